The van der Waals surface area contributed by atoms with Crippen molar-refractivity contribution in [1.29, 1.82) is 0 Å². The summed E-state index contributed by atoms with van der Waals surface area (Å²) in [5, 5.41) is 15.2. The largest absolute Gasteiger partial charge is 0.479 e. The molecule has 0 aromatic heterocycles. The van der Waals surface area contributed by atoms with Gasteiger partial charge >= 0.3 is 5.97 Å². The molecule has 1 amide bonds. The standard InChI is InChI=1S/C12H20N2O4/c1-8-6-9(2-4-13-8)10(15)14-12(11(16)17)3-5-18-7-12/h8-9,13H,2-7H2,1H3,(H,14,15)(H,16,17). The molecule has 18 heavy (non-hydrogen) atoms. The minimum atomic E-state index is -1.22. The summed E-state index contributed by atoms with van der Waals surface area (Å²) in [5.74, 6) is -1.26. The number of aliphatic carboxylic acids is 1. The number of hydrogen-bond donors (Lipinski definition) is 3. The van der Waals surface area contributed by atoms with Crippen molar-refractivity contribution < 1.29 is 19.4 Å². The van der Waals surface area contributed by atoms with Gasteiger partial charge in [0.25, 0.3) is 0 Å². The zero-order valence-corrected chi connectivity index (χ0v) is 10.6. The highest BCUT2D eigenvalue weighted by atomic mass is 16.5. The first kappa shape index (κ1) is 13.3. The predicted molar refractivity (Wildman–Crippen MR) is 64.1 cm³/mol. The number of nitrogens with one attached hydrogen (secondary N) is 2. The summed E-state index contributed by atoms with van der Waals surface area (Å²) in [6, 6.07) is 0.301. The molecule has 0 aromatic rings. The zero-order valence-electron chi connectivity index (χ0n) is 10.6. The number of carbonyl (C=O) groups excluding carboxylic acids is 1. The molecule has 6 nitrogen and oxygen atoms in total. The average molecular weight is 256 g/mol. The smallest absolute Gasteiger partial charge is 0.331 e. The second kappa shape index (κ2) is 5.24. The van der Waals surface area contributed by atoms with Crippen LogP contribution in [-0.2, 0) is 14.3 Å². The molecular formula is C12H20N2O4. The maximum Gasteiger partial charge on any atom is 0.331 e. The molecule has 3 atom stereocenters. The number of carboxylic acid groups (broad SMARTS) is 1. The molecule has 2 rings (SSSR count). The third-order valence-corrected chi connectivity index (χ3v) is 3.79. The van der Waals surface area contributed by atoms with Gasteiger partial charge in [0.15, 0.2) is 5.54 Å². The van der Waals surface area contributed by atoms with Crippen LogP contribution in [0, 0.1) is 5.92 Å². The van der Waals surface area contributed by atoms with Crippen LogP contribution in [0.3, 0.4) is 0 Å². The highest BCUT2D eigenvalue weighted by molar-refractivity contribution is 5.88. The van der Waals surface area contributed by atoms with E-state index in [1.165, 1.54) is 0 Å². The van der Waals surface area contributed by atoms with E-state index in [9.17, 15) is 14.7 Å². The quantitative estimate of drug-likeness (QED) is 0.647. The summed E-state index contributed by atoms with van der Waals surface area (Å²) in [6.07, 6.45) is 1.85. The van der Waals surface area contributed by atoms with Crippen molar-refractivity contribution in [2.24, 2.45) is 5.92 Å². The molecule has 3 unspecified atom stereocenters. The van der Waals surface area contributed by atoms with E-state index in [0.717, 1.165) is 19.4 Å². The van der Waals surface area contributed by atoms with Gasteiger partial charge in [0.2, 0.25) is 5.91 Å². The van der Waals surface area contributed by atoms with Crippen LogP contribution in [0.4, 0.5) is 0 Å². The summed E-state index contributed by atoms with van der Waals surface area (Å²) in [7, 11) is 0. The fourth-order valence-electron chi connectivity index (χ4n) is 2.59. The number of ether oxygens (including phenoxy) is 1. The molecule has 0 aliphatic carbocycles. The topological polar surface area (TPSA) is 87.7 Å². The highest BCUT2D eigenvalue weighted by Crippen LogP contribution is 2.22. The fraction of sp³-hybridized carbons (Fsp3) is 0.833. The Morgan fingerprint density at radius 1 is 1.50 bits per heavy atom. The van der Waals surface area contributed by atoms with Crippen LogP contribution >= 0.6 is 0 Å². The van der Waals surface area contributed by atoms with Crippen molar-refractivity contribution in [3.05, 3.63) is 0 Å². The summed E-state index contributed by atoms with van der Waals surface area (Å²) >= 11 is 0. The second-order valence-corrected chi connectivity index (χ2v) is 5.26. The fourth-order valence-corrected chi connectivity index (χ4v) is 2.59. The Labute approximate surface area is 106 Å². The average Bonchev–Trinajstić information content (AvgIpc) is 2.79. The van der Waals surface area contributed by atoms with E-state index in [4.69, 9.17) is 4.74 Å². The zero-order chi connectivity index (χ0) is 13.2. The molecule has 2 aliphatic heterocycles. The van der Waals surface area contributed by atoms with Gasteiger partial charge in [-0.3, -0.25) is 4.79 Å². The molecule has 102 valence electrons. The Hall–Kier alpha value is -1.14. The van der Waals surface area contributed by atoms with E-state index in [1.807, 2.05) is 6.92 Å². The van der Waals surface area contributed by atoms with E-state index < -0.39 is 11.5 Å². The van der Waals surface area contributed by atoms with Crippen molar-refractivity contribution in [2.75, 3.05) is 19.8 Å². The van der Waals surface area contributed by atoms with Gasteiger partial charge in [0.1, 0.15) is 0 Å². The number of hydrogen-bond acceptors (Lipinski definition) is 4. The van der Waals surface area contributed by atoms with Gasteiger partial charge in [0.05, 0.1) is 6.61 Å². The van der Waals surface area contributed by atoms with Crippen molar-refractivity contribution >= 4 is 11.9 Å². The first-order chi connectivity index (χ1) is 8.53. The van der Waals surface area contributed by atoms with E-state index in [1.54, 1.807) is 0 Å². The van der Waals surface area contributed by atoms with Crippen LogP contribution in [-0.4, -0.2) is 48.3 Å². The van der Waals surface area contributed by atoms with Gasteiger partial charge in [-0.2, -0.15) is 0 Å². The van der Waals surface area contributed by atoms with Crippen LogP contribution in [0.2, 0.25) is 0 Å². The van der Waals surface area contributed by atoms with Crippen molar-refractivity contribution in [3.8, 4) is 0 Å². The molecule has 2 heterocycles. The minimum Gasteiger partial charge on any atom is -0.479 e. The Morgan fingerprint density at radius 2 is 2.28 bits per heavy atom. The first-order valence-electron chi connectivity index (χ1n) is 6.40. The lowest BCUT2D eigenvalue weighted by atomic mass is 9.90. The molecule has 0 aromatic carbocycles. The molecule has 2 fully saturated rings. The SMILES string of the molecule is CC1CC(C(=O)NC2(C(=O)O)CCOC2)CCN1. The van der Waals surface area contributed by atoms with Crippen LogP contribution < -0.4 is 10.6 Å². The van der Waals surface area contributed by atoms with E-state index in [2.05, 4.69) is 10.6 Å². The number of piperidine rings is 1. The van der Waals surface area contributed by atoms with Crippen molar-refractivity contribution in [3.63, 3.8) is 0 Å². The third kappa shape index (κ3) is 2.64. The van der Waals surface area contributed by atoms with Crippen LogP contribution in [0.5, 0.6) is 0 Å². The highest BCUT2D eigenvalue weighted by Gasteiger charge is 2.45. The Balaban J connectivity index is 1.99. The van der Waals surface area contributed by atoms with Gasteiger partial charge in [-0.05, 0) is 26.3 Å². The molecule has 3 N–H and O–H groups in total. The van der Waals surface area contributed by atoms with Crippen LogP contribution in [0.25, 0.3) is 0 Å². The normalized spacial score (nSPS) is 36.3. The second-order valence-electron chi connectivity index (χ2n) is 5.26. The van der Waals surface area contributed by atoms with E-state index in [0.29, 0.717) is 19.1 Å². The molecule has 0 radical (unpaired) electrons. The summed E-state index contributed by atoms with van der Waals surface area (Å²) < 4.78 is 5.12. The van der Waals surface area contributed by atoms with Gasteiger partial charge < -0.3 is 20.5 Å². The lowest BCUT2D eigenvalue weighted by molar-refractivity contribution is -0.148. The third-order valence-electron chi connectivity index (χ3n) is 3.79. The predicted octanol–water partition coefficient (Wildman–Crippen LogP) is -0.266. The molecule has 2 aliphatic rings. The monoisotopic (exact) mass is 256 g/mol. The van der Waals surface area contributed by atoms with Gasteiger partial charge in [-0.1, -0.05) is 0 Å². The van der Waals surface area contributed by atoms with Crippen molar-refractivity contribution in [1.82, 2.24) is 10.6 Å². The van der Waals surface area contributed by atoms with Gasteiger partial charge in [0, 0.05) is 25.0 Å². The lowest BCUT2D eigenvalue weighted by Gasteiger charge is -2.31. The van der Waals surface area contributed by atoms with Gasteiger partial charge in [-0.15, -0.1) is 0 Å². The summed E-state index contributed by atoms with van der Waals surface area (Å²) in [4.78, 5) is 23.5. The number of amides is 1. The Bertz CT molecular complexity index is 339. The number of carboxylic acids is 1. The maximum atomic E-state index is 12.2. The Morgan fingerprint density at radius 3 is 2.83 bits per heavy atom. The molecular weight excluding hydrogens is 236 g/mol. The molecule has 0 bridgehead atoms. The lowest BCUT2D eigenvalue weighted by Crippen LogP contribution is -2.57. The van der Waals surface area contributed by atoms with E-state index in [-0.39, 0.29) is 18.4 Å². The van der Waals surface area contributed by atoms with Crippen molar-refractivity contribution in [2.45, 2.75) is 37.8 Å². The summed E-state index contributed by atoms with van der Waals surface area (Å²) in [6.45, 7) is 3.28. The molecule has 0 saturated carbocycles. The Kier molecular flexibility index (Phi) is 3.87. The van der Waals surface area contributed by atoms with Crippen LogP contribution in [0.1, 0.15) is 26.2 Å². The maximum absolute atomic E-state index is 12.2. The summed E-state index contributed by atoms with van der Waals surface area (Å²) in [5.41, 5.74) is -1.22. The molecule has 6 heteroatoms. The molecule has 0 spiro atoms. The van der Waals surface area contributed by atoms with E-state index >= 15 is 0 Å². The molecule has 2 saturated heterocycles. The number of carbonyl (C=O) groups is 2. The van der Waals surface area contributed by atoms with Gasteiger partial charge in [-0.25, -0.2) is 4.79 Å². The minimum absolute atomic E-state index is 0.0641. The number of rotatable bonds is 3. The van der Waals surface area contributed by atoms with Crippen LogP contribution in [0.15, 0.2) is 0 Å². The first-order valence-corrected chi connectivity index (χ1v) is 6.40.